The summed E-state index contributed by atoms with van der Waals surface area (Å²) in [6.45, 7) is 6.76. The topological polar surface area (TPSA) is 12.9 Å². The number of hydrogen-bond acceptors (Lipinski definition) is 1. The Balaban J connectivity index is 1.74. The van der Waals surface area contributed by atoms with Crippen molar-refractivity contribution in [2.75, 3.05) is 0 Å². The number of nitrogens with zero attached hydrogens (tertiary/aromatic N) is 1. The van der Waals surface area contributed by atoms with Crippen LogP contribution in [0.3, 0.4) is 0 Å². The molecule has 26 heavy (non-hydrogen) atoms. The van der Waals surface area contributed by atoms with Crippen LogP contribution in [-0.4, -0.2) is 4.98 Å². The molecule has 0 aliphatic rings. The molecule has 0 bridgehead atoms. The Bertz CT molecular complexity index is 1050. The van der Waals surface area contributed by atoms with Gasteiger partial charge in [0.15, 0.2) is 0 Å². The van der Waals surface area contributed by atoms with Gasteiger partial charge in [-0.15, -0.1) is 0 Å². The number of fused-ring (bicyclic) bond motifs is 1. The second-order valence-electron chi connectivity index (χ2n) is 7.79. The molecule has 0 radical (unpaired) electrons. The summed E-state index contributed by atoms with van der Waals surface area (Å²) in [4.78, 5) is 4.58. The van der Waals surface area contributed by atoms with E-state index in [-0.39, 0.29) is 5.41 Å². The van der Waals surface area contributed by atoms with E-state index >= 15 is 0 Å². The average molecular weight is 337 g/mol. The van der Waals surface area contributed by atoms with Crippen LogP contribution < -0.4 is 0 Å². The highest BCUT2D eigenvalue weighted by molar-refractivity contribution is 5.93. The molecule has 0 saturated heterocycles. The SMILES string of the molecule is CC(C)(C)c1cccc(-c2ccc(-c3cccc4cccnc34)cc2)c1. The molecule has 1 heterocycles. The van der Waals surface area contributed by atoms with E-state index in [0.29, 0.717) is 0 Å². The molecule has 0 aliphatic heterocycles. The van der Waals surface area contributed by atoms with E-state index in [1.807, 2.05) is 12.3 Å². The van der Waals surface area contributed by atoms with Gasteiger partial charge in [0.05, 0.1) is 5.52 Å². The molecule has 0 saturated carbocycles. The van der Waals surface area contributed by atoms with Gasteiger partial charge < -0.3 is 0 Å². The van der Waals surface area contributed by atoms with Crippen LogP contribution in [0.1, 0.15) is 26.3 Å². The maximum absolute atomic E-state index is 4.58. The Morgan fingerprint density at radius 1 is 0.654 bits per heavy atom. The molecule has 0 amide bonds. The molecule has 0 N–H and O–H groups in total. The van der Waals surface area contributed by atoms with Gasteiger partial charge in [-0.25, -0.2) is 0 Å². The summed E-state index contributed by atoms with van der Waals surface area (Å²) in [6, 6.07) is 28.1. The van der Waals surface area contributed by atoms with Crippen molar-refractivity contribution < 1.29 is 0 Å². The van der Waals surface area contributed by atoms with E-state index < -0.39 is 0 Å². The van der Waals surface area contributed by atoms with Crippen molar-refractivity contribution in [1.82, 2.24) is 4.98 Å². The van der Waals surface area contributed by atoms with Crippen LogP contribution in [0.15, 0.2) is 85.1 Å². The average Bonchev–Trinajstić information content (AvgIpc) is 2.67. The number of benzene rings is 3. The molecule has 4 aromatic rings. The highest BCUT2D eigenvalue weighted by atomic mass is 14.6. The van der Waals surface area contributed by atoms with E-state index in [1.165, 1.54) is 33.2 Å². The van der Waals surface area contributed by atoms with Crippen molar-refractivity contribution in [3.8, 4) is 22.3 Å². The van der Waals surface area contributed by atoms with Crippen LogP contribution in [0.5, 0.6) is 0 Å². The Kier molecular flexibility index (Phi) is 4.08. The van der Waals surface area contributed by atoms with Crippen molar-refractivity contribution >= 4 is 10.9 Å². The third-order valence-corrected chi connectivity index (χ3v) is 4.89. The lowest BCUT2D eigenvalue weighted by molar-refractivity contribution is 0.590. The van der Waals surface area contributed by atoms with Gasteiger partial charge in [-0.1, -0.05) is 93.6 Å². The third-order valence-electron chi connectivity index (χ3n) is 4.89. The summed E-state index contributed by atoms with van der Waals surface area (Å²) in [5.74, 6) is 0. The van der Waals surface area contributed by atoms with Gasteiger partial charge in [0.25, 0.3) is 0 Å². The predicted octanol–water partition coefficient (Wildman–Crippen LogP) is 6.87. The van der Waals surface area contributed by atoms with Gasteiger partial charge in [0.1, 0.15) is 0 Å². The van der Waals surface area contributed by atoms with Gasteiger partial charge in [-0.05, 0) is 33.7 Å². The summed E-state index contributed by atoms with van der Waals surface area (Å²) in [7, 11) is 0. The molecule has 0 spiro atoms. The van der Waals surface area contributed by atoms with Crippen LogP contribution in [0.2, 0.25) is 0 Å². The lowest BCUT2D eigenvalue weighted by Crippen LogP contribution is -2.10. The second kappa shape index (κ2) is 6.42. The standard InChI is InChI=1S/C25H23N/c1-25(2,3)22-10-4-8-21(17-22)18-12-14-19(15-13-18)23-11-5-7-20-9-6-16-26-24(20)23/h4-17H,1-3H3. The Labute approximate surface area is 155 Å². The molecule has 0 atom stereocenters. The van der Waals surface area contributed by atoms with E-state index in [4.69, 9.17) is 0 Å². The Hall–Kier alpha value is -2.93. The molecular weight excluding hydrogens is 314 g/mol. The van der Waals surface area contributed by atoms with E-state index in [0.717, 1.165) is 5.52 Å². The van der Waals surface area contributed by atoms with Gasteiger partial charge in [-0.2, -0.15) is 0 Å². The smallest absolute Gasteiger partial charge is 0.0780 e. The number of hydrogen-bond donors (Lipinski definition) is 0. The molecule has 1 aromatic heterocycles. The number of pyridine rings is 1. The first-order valence-electron chi connectivity index (χ1n) is 9.07. The van der Waals surface area contributed by atoms with Gasteiger partial charge in [0.2, 0.25) is 0 Å². The molecule has 0 fully saturated rings. The lowest BCUT2D eigenvalue weighted by Gasteiger charge is -2.20. The zero-order valence-electron chi connectivity index (χ0n) is 15.5. The highest BCUT2D eigenvalue weighted by Gasteiger charge is 2.14. The third kappa shape index (κ3) is 3.13. The van der Waals surface area contributed by atoms with Gasteiger partial charge >= 0.3 is 0 Å². The minimum atomic E-state index is 0.157. The van der Waals surface area contributed by atoms with Gasteiger partial charge in [-0.3, -0.25) is 4.98 Å². The quantitative estimate of drug-likeness (QED) is 0.389. The first kappa shape index (κ1) is 16.5. The minimum Gasteiger partial charge on any atom is -0.256 e. The first-order chi connectivity index (χ1) is 12.5. The van der Waals surface area contributed by atoms with Crippen molar-refractivity contribution in [1.29, 1.82) is 0 Å². The summed E-state index contributed by atoms with van der Waals surface area (Å²) in [5, 5.41) is 1.17. The van der Waals surface area contributed by atoms with Crippen LogP contribution in [0, 0.1) is 0 Å². The summed E-state index contributed by atoms with van der Waals surface area (Å²) in [6.07, 6.45) is 1.86. The van der Waals surface area contributed by atoms with Crippen molar-refractivity contribution in [2.24, 2.45) is 0 Å². The number of aromatic nitrogens is 1. The molecule has 128 valence electrons. The fourth-order valence-corrected chi connectivity index (χ4v) is 3.34. The first-order valence-corrected chi connectivity index (χ1v) is 9.07. The van der Waals surface area contributed by atoms with Crippen LogP contribution in [0.25, 0.3) is 33.2 Å². The molecule has 0 aliphatic carbocycles. The Morgan fingerprint density at radius 3 is 2.12 bits per heavy atom. The summed E-state index contributed by atoms with van der Waals surface area (Å²) < 4.78 is 0. The van der Waals surface area contributed by atoms with Crippen LogP contribution in [-0.2, 0) is 5.41 Å². The zero-order chi connectivity index (χ0) is 18.1. The maximum atomic E-state index is 4.58. The fourth-order valence-electron chi connectivity index (χ4n) is 3.34. The van der Waals surface area contributed by atoms with Crippen molar-refractivity contribution in [2.45, 2.75) is 26.2 Å². The van der Waals surface area contributed by atoms with Crippen molar-refractivity contribution in [3.63, 3.8) is 0 Å². The normalized spacial score (nSPS) is 11.7. The van der Waals surface area contributed by atoms with E-state index in [1.54, 1.807) is 0 Å². The number of rotatable bonds is 2. The Morgan fingerprint density at radius 2 is 1.35 bits per heavy atom. The van der Waals surface area contributed by atoms with E-state index in [2.05, 4.69) is 98.6 Å². The predicted molar refractivity (Wildman–Crippen MR) is 111 cm³/mol. The molecule has 1 nitrogen and oxygen atoms in total. The van der Waals surface area contributed by atoms with E-state index in [9.17, 15) is 0 Å². The van der Waals surface area contributed by atoms with Crippen LogP contribution >= 0.6 is 0 Å². The second-order valence-corrected chi connectivity index (χ2v) is 7.79. The summed E-state index contributed by atoms with van der Waals surface area (Å²) >= 11 is 0. The largest absolute Gasteiger partial charge is 0.256 e. The van der Waals surface area contributed by atoms with Crippen molar-refractivity contribution in [3.05, 3.63) is 90.6 Å². The fraction of sp³-hybridized carbons (Fsp3) is 0.160. The minimum absolute atomic E-state index is 0.157. The maximum Gasteiger partial charge on any atom is 0.0780 e. The molecular formula is C25H23N. The monoisotopic (exact) mass is 337 g/mol. The summed E-state index contributed by atoms with van der Waals surface area (Å²) in [5.41, 5.74) is 7.45. The van der Waals surface area contributed by atoms with Gasteiger partial charge in [0, 0.05) is 17.1 Å². The zero-order valence-corrected chi connectivity index (χ0v) is 15.5. The van der Waals surface area contributed by atoms with Crippen LogP contribution in [0.4, 0.5) is 0 Å². The highest BCUT2D eigenvalue weighted by Crippen LogP contribution is 2.31. The molecule has 0 unspecified atom stereocenters. The molecule has 3 aromatic carbocycles. The number of para-hydroxylation sites is 1. The lowest BCUT2D eigenvalue weighted by atomic mass is 9.85. The molecule has 4 rings (SSSR count). The molecule has 1 heteroatoms.